The maximum atomic E-state index is 13.0. The Morgan fingerprint density at radius 3 is 2.35 bits per heavy atom. The maximum Gasteiger partial charge on any atom is 0.324 e. The number of nitrogens with zero attached hydrogens (tertiary/aromatic N) is 2. The number of benzene rings is 2. The van der Waals surface area contributed by atoms with Crippen molar-refractivity contribution in [2.45, 2.75) is 19.3 Å². The lowest BCUT2D eigenvalue weighted by atomic mass is 9.89. The second-order valence-electron chi connectivity index (χ2n) is 6.95. The Labute approximate surface area is 152 Å². The average molecular weight is 352 g/mol. The molecule has 2 aliphatic rings. The van der Waals surface area contributed by atoms with Gasteiger partial charge >= 0.3 is 6.03 Å². The summed E-state index contributed by atoms with van der Waals surface area (Å²) in [6.07, 6.45) is 2.19. The van der Waals surface area contributed by atoms with Gasteiger partial charge in [0.2, 0.25) is 0 Å². The van der Waals surface area contributed by atoms with Crippen molar-refractivity contribution in [3.63, 3.8) is 0 Å². The molecule has 1 saturated heterocycles. The summed E-state index contributed by atoms with van der Waals surface area (Å²) < 4.78 is 13.0. The van der Waals surface area contributed by atoms with Crippen molar-refractivity contribution in [1.29, 1.82) is 0 Å². The van der Waals surface area contributed by atoms with Gasteiger partial charge in [0.25, 0.3) is 0 Å². The van der Waals surface area contributed by atoms with Crippen LogP contribution in [0.25, 0.3) is 0 Å². The van der Waals surface area contributed by atoms with E-state index in [1.54, 1.807) is 0 Å². The first kappa shape index (κ1) is 16.8. The van der Waals surface area contributed by atoms with Crippen LogP contribution in [0.2, 0.25) is 0 Å². The van der Waals surface area contributed by atoms with Gasteiger partial charge in [0.15, 0.2) is 5.78 Å². The van der Waals surface area contributed by atoms with Gasteiger partial charge in [-0.3, -0.25) is 9.69 Å². The molecule has 0 saturated carbocycles. The zero-order valence-corrected chi connectivity index (χ0v) is 14.5. The van der Waals surface area contributed by atoms with Crippen molar-refractivity contribution >= 4 is 17.5 Å². The fourth-order valence-corrected chi connectivity index (χ4v) is 3.89. The average Bonchev–Trinajstić information content (AvgIpc) is 3.12. The van der Waals surface area contributed by atoms with Gasteiger partial charge in [-0.05, 0) is 55.2 Å². The van der Waals surface area contributed by atoms with Crippen molar-refractivity contribution in [2.24, 2.45) is 5.92 Å². The molecule has 0 spiro atoms. The summed E-state index contributed by atoms with van der Waals surface area (Å²) in [7, 11) is 0. The van der Waals surface area contributed by atoms with Crippen LogP contribution in [0, 0.1) is 11.7 Å². The topological polar surface area (TPSA) is 40.6 Å². The van der Waals surface area contributed by atoms with E-state index in [-0.39, 0.29) is 23.5 Å². The van der Waals surface area contributed by atoms with E-state index in [9.17, 15) is 14.0 Å². The standard InChI is InChI=1S/C21H21FN2O2/c22-18-7-5-16(6-8-18)20(25)17-9-12-23(13-10-17)21(26)24-14-11-15-3-1-2-4-19(15)24/h1-8,17H,9-14H2. The Bertz CT molecular complexity index is 826. The number of fused-ring (bicyclic) bond motifs is 1. The quantitative estimate of drug-likeness (QED) is 0.769. The van der Waals surface area contributed by atoms with Crippen molar-refractivity contribution < 1.29 is 14.0 Å². The highest BCUT2D eigenvalue weighted by molar-refractivity contribution is 5.98. The number of piperidine rings is 1. The number of carbonyl (C=O) groups is 2. The van der Waals surface area contributed by atoms with Crippen LogP contribution in [-0.2, 0) is 6.42 Å². The van der Waals surface area contributed by atoms with E-state index in [4.69, 9.17) is 0 Å². The van der Waals surface area contributed by atoms with Crippen molar-refractivity contribution in [3.8, 4) is 0 Å². The van der Waals surface area contributed by atoms with E-state index in [1.807, 2.05) is 28.0 Å². The van der Waals surface area contributed by atoms with Crippen molar-refractivity contribution in [2.75, 3.05) is 24.5 Å². The van der Waals surface area contributed by atoms with Crippen LogP contribution in [0.3, 0.4) is 0 Å². The minimum absolute atomic E-state index is 0.0302. The molecule has 0 aliphatic carbocycles. The maximum absolute atomic E-state index is 13.0. The molecular weight excluding hydrogens is 331 g/mol. The molecular formula is C21H21FN2O2. The number of para-hydroxylation sites is 1. The number of hydrogen-bond acceptors (Lipinski definition) is 2. The van der Waals surface area contributed by atoms with E-state index in [0.29, 0.717) is 38.0 Å². The fourth-order valence-electron chi connectivity index (χ4n) is 3.89. The van der Waals surface area contributed by atoms with Gasteiger partial charge in [-0.15, -0.1) is 0 Å². The van der Waals surface area contributed by atoms with Crippen LogP contribution in [-0.4, -0.2) is 36.3 Å². The fraction of sp³-hybridized carbons (Fsp3) is 0.333. The minimum atomic E-state index is -0.340. The highest BCUT2D eigenvalue weighted by Crippen LogP contribution is 2.30. The first-order valence-corrected chi connectivity index (χ1v) is 9.07. The Kier molecular flexibility index (Phi) is 4.45. The molecule has 0 radical (unpaired) electrons. The Balaban J connectivity index is 1.39. The molecule has 4 nitrogen and oxygen atoms in total. The van der Waals surface area contributed by atoms with Crippen LogP contribution in [0.4, 0.5) is 14.9 Å². The summed E-state index contributed by atoms with van der Waals surface area (Å²) in [5.41, 5.74) is 2.76. The van der Waals surface area contributed by atoms with E-state index in [0.717, 1.165) is 12.1 Å². The number of ketones is 1. The van der Waals surface area contributed by atoms with Gasteiger partial charge in [0.05, 0.1) is 0 Å². The van der Waals surface area contributed by atoms with Gasteiger partial charge in [0.1, 0.15) is 5.82 Å². The molecule has 0 atom stereocenters. The van der Waals surface area contributed by atoms with Crippen LogP contribution in [0.1, 0.15) is 28.8 Å². The first-order chi connectivity index (χ1) is 12.6. The molecule has 134 valence electrons. The Morgan fingerprint density at radius 1 is 0.923 bits per heavy atom. The first-order valence-electron chi connectivity index (χ1n) is 9.07. The van der Waals surface area contributed by atoms with Gasteiger partial charge in [-0.25, -0.2) is 9.18 Å². The summed E-state index contributed by atoms with van der Waals surface area (Å²) in [5.74, 6) is -0.396. The molecule has 5 heteroatoms. The highest BCUT2D eigenvalue weighted by Gasteiger charge is 2.32. The van der Waals surface area contributed by atoms with E-state index in [1.165, 1.54) is 29.8 Å². The number of Topliss-reactive ketones (excluding diaryl/α,β-unsaturated/α-hetero) is 1. The van der Waals surface area contributed by atoms with E-state index >= 15 is 0 Å². The summed E-state index contributed by atoms with van der Waals surface area (Å²) in [6, 6.07) is 13.8. The number of rotatable bonds is 2. The molecule has 26 heavy (non-hydrogen) atoms. The van der Waals surface area contributed by atoms with Crippen LogP contribution >= 0.6 is 0 Å². The number of urea groups is 1. The number of anilines is 1. The van der Waals surface area contributed by atoms with Crippen LogP contribution in [0.5, 0.6) is 0 Å². The molecule has 0 unspecified atom stereocenters. The molecule has 0 aromatic heterocycles. The lowest BCUT2D eigenvalue weighted by Gasteiger charge is -2.34. The summed E-state index contributed by atoms with van der Waals surface area (Å²) >= 11 is 0. The summed E-state index contributed by atoms with van der Waals surface area (Å²) in [5, 5.41) is 0. The molecule has 0 bridgehead atoms. The molecule has 0 N–H and O–H groups in total. The van der Waals surface area contributed by atoms with E-state index < -0.39 is 0 Å². The number of hydrogen-bond donors (Lipinski definition) is 0. The molecule has 1 fully saturated rings. The predicted octanol–water partition coefficient (Wildman–Crippen LogP) is 3.90. The second-order valence-corrected chi connectivity index (χ2v) is 6.95. The van der Waals surface area contributed by atoms with Crippen molar-refractivity contribution in [1.82, 2.24) is 4.90 Å². The van der Waals surface area contributed by atoms with Gasteiger partial charge in [-0.2, -0.15) is 0 Å². The normalized spacial score (nSPS) is 17.3. The zero-order chi connectivity index (χ0) is 18.1. The number of likely N-dealkylation sites (tertiary alicyclic amines) is 1. The lowest BCUT2D eigenvalue weighted by Crippen LogP contribution is -2.47. The smallest absolute Gasteiger partial charge is 0.324 e. The minimum Gasteiger partial charge on any atom is -0.324 e. The Hall–Kier alpha value is -2.69. The molecule has 2 aromatic rings. The van der Waals surface area contributed by atoms with Gasteiger partial charge in [-0.1, -0.05) is 18.2 Å². The Morgan fingerprint density at radius 2 is 1.62 bits per heavy atom. The molecule has 2 aromatic carbocycles. The number of carbonyl (C=O) groups excluding carboxylic acids is 2. The largest absolute Gasteiger partial charge is 0.324 e. The number of amides is 2. The van der Waals surface area contributed by atoms with Gasteiger partial charge in [0, 0.05) is 36.8 Å². The predicted molar refractivity (Wildman–Crippen MR) is 97.9 cm³/mol. The molecule has 4 rings (SSSR count). The van der Waals surface area contributed by atoms with E-state index in [2.05, 4.69) is 6.07 Å². The van der Waals surface area contributed by atoms with Crippen molar-refractivity contribution in [3.05, 3.63) is 65.5 Å². The van der Waals surface area contributed by atoms with Crippen LogP contribution in [0.15, 0.2) is 48.5 Å². The highest BCUT2D eigenvalue weighted by atomic mass is 19.1. The lowest BCUT2D eigenvalue weighted by molar-refractivity contribution is 0.0857. The van der Waals surface area contributed by atoms with Crippen LogP contribution < -0.4 is 4.90 Å². The third kappa shape index (κ3) is 3.09. The zero-order valence-electron chi connectivity index (χ0n) is 14.5. The molecule has 2 amide bonds. The molecule has 2 heterocycles. The number of halogens is 1. The summed E-state index contributed by atoms with van der Waals surface area (Å²) in [6.45, 7) is 1.87. The third-order valence-corrected chi connectivity index (χ3v) is 5.38. The third-order valence-electron chi connectivity index (χ3n) is 5.38. The molecule has 2 aliphatic heterocycles. The van der Waals surface area contributed by atoms with Gasteiger partial charge < -0.3 is 4.90 Å². The SMILES string of the molecule is O=C(c1ccc(F)cc1)C1CCN(C(=O)N2CCc3ccccc32)CC1. The monoisotopic (exact) mass is 352 g/mol. The second kappa shape index (κ2) is 6.90. The summed E-state index contributed by atoms with van der Waals surface area (Å²) in [4.78, 5) is 29.1.